The summed E-state index contributed by atoms with van der Waals surface area (Å²) in [5, 5.41) is 11.6. The van der Waals surface area contributed by atoms with Crippen molar-refractivity contribution in [1.82, 2.24) is 0 Å². The highest BCUT2D eigenvalue weighted by molar-refractivity contribution is 8.00. The van der Waals surface area contributed by atoms with E-state index < -0.39 is 0 Å². The van der Waals surface area contributed by atoms with E-state index in [0.29, 0.717) is 0 Å². The van der Waals surface area contributed by atoms with E-state index in [4.69, 9.17) is 5.11 Å². The molecule has 1 aromatic carbocycles. The lowest BCUT2D eigenvalue weighted by molar-refractivity contribution is -0.115. The second kappa shape index (κ2) is 7.44. The number of aliphatic hydroxyl groups is 1. The first-order valence-electron chi connectivity index (χ1n) is 6.15. The summed E-state index contributed by atoms with van der Waals surface area (Å²) >= 11 is 1.57. The van der Waals surface area contributed by atoms with Crippen LogP contribution in [0.2, 0.25) is 0 Å². The Hall–Kier alpha value is -1.00. The first-order valence-corrected chi connectivity index (χ1v) is 7.20. The Balaban J connectivity index is 2.56. The molecule has 0 aromatic heterocycles. The van der Waals surface area contributed by atoms with Crippen molar-refractivity contribution in [3.63, 3.8) is 0 Å². The zero-order chi connectivity index (χ0) is 13.5. The molecule has 0 radical (unpaired) electrons. The summed E-state index contributed by atoms with van der Waals surface area (Å²) < 4.78 is 0. The van der Waals surface area contributed by atoms with E-state index >= 15 is 0 Å². The average molecular weight is 267 g/mol. The molecule has 0 fully saturated rings. The molecule has 18 heavy (non-hydrogen) atoms. The van der Waals surface area contributed by atoms with Gasteiger partial charge in [-0.3, -0.25) is 4.79 Å². The molecule has 4 heteroatoms. The van der Waals surface area contributed by atoms with E-state index in [0.717, 1.165) is 23.4 Å². The molecule has 0 bridgehead atoms. The van der Waals surface area contributed by atoms with Crippen molar-refractivity contribution >= 4 is 23.4 Å². The van der Waals surface area contributed by atoms with Gasteiger partial charge in [-0.2, -0.15) is 0 Å². The summed E-state index contributed by atoms with van der Waals surface area (Å²) in [7, 11) is 0. The number of benzene rings is 1. The van der Waals surface area contributed by atoms with Crippen LogP contribution in [0.4, 0.5) is 5.69 Å². The van der Waals surface area contributed by atoms with Gasteiger partial charge in [0.05, 0.1) is 5.25 Å². The fourth-order valence-corrected chi connectivity index (χ4v) is 2.38. The maximum absolute atomic E-state index is 12.0. The van der Waals surface area contributed by atoms with Crippen molar-refractivity contribution < 1.29 is 9.90 Å². The Morgan fingerprint density at radius 3 is 2.83 bits per heavy atom. The second-order valence-electron chi connectivity index (χ2n) is 4.33. The number of hydrogen-bond acceptors (Lipinski definition) is 3. The zero-order valence-corrected chi connectivity index (χ0v) is 12.0. The lowest BCUT2D eigenvalue weighted by atomic mass is 10.1. The van der Waals surface area contributed by atoms with Crippen LogP contribution >= 0.6 is 11.8 Å². The van der Waals surface area contributed by atoms with Gasteiger partial charge in [-0.05, 0) is 50.1 Å². The lowest BCUT2D eigenvalue weighted by Crippen LogP contribution is -2.23. The first kappa shape index (κ1) is 15.1. The zero-order valence-electron chi connectivity index (χ0n) is 11.2. The first-order chi connectivity index (χ1) is 8.56. The van der Waals surface area contributed by atoms with Crippen LogP contribution in [0.15, 0.2) is 18.2 Å². The van der Waals surface area contributed by atoms with Gasteiger partial charge in [0.1, 0.15) is 0 Å². The molecule has 0 aliphatic carbocycles. The maximum atomic E-state index is 12.0. The fraction of sp³-hybridized carbons (Fsp3) is 0.500. The number of aliphatic hydroxyl groups excluding tert-OH is 1. The summed E-state index contributed by atoms with van der Waals surface area (Å²) in [5.74, 6) is 0.823. The third-order valence-electron chi connectivity index (χ3n) is 2.90. The third kappa shape index (κ3) is 4.35. The molecule has 2 N–H and O–H groups in total. The highest BCUT2D eigenvalue weighted by Crippen LogP contribution is 2.20. The van der Waals surface area contributed by atoms with Crippen molar-refractivity contribution in [1.29, 1.82) is 0 Å². The molecule has 0 spiro atoms. The molecular weight excluding hydrogens is 246 g/mol. The molecule has 100 valence electrons. The smallest absolute Gasteiger partial charge is 0.237 e. The normalized spacial score (nSPS) is 12.2. The molecule has 0 aliphatic heterocycles. The summed E-state index contributed by atoms with van der Waals surface area (Å²) in [6.07, 6.45) is 0.728. The number of nitrogens with one attached hydrogen (secondary N) is 1. The van der Waals surface area contributed by atoms with Gasteiger partial charge in [-0.25, -0.2) is 0 Å². The van der Waals surface area contributed by atoms with Crippen molar-refractivity contribution in [2.45, 2.75) is 32.4 Å². The van der Waals surface area contributed by atoms with Crippen LogP contribution in [0, 0.1) is 13.8 Å². The number of anilines is 1. The van der Waals surface area contributed by atoms with Gasteiger partial charge in [0.25, 0.3) is 0 Å². The predicted molar refractivity (Wildman–Crippen MR) is 78.2 cm³/mol. The predicted octanol–water partition coefficient (Wildman–Crippen LogP) is 2.75. The number of thioether (sulfide) groups is 1. The van der Waals surface area contributed by atoms with E-state index in [9.17, 15) is 4.79 Å². The van der Waals surface area contributed by atoms with E-state index in [2.05, 4.69) is 5.32 Å². The number of hydrogen-bond donors (Lipinski definition) is 2. The van der Waals surface area contributed by atoms with Crippen molar-refractivity contribution in [3.05, 3.63) is 29.3 Å². The minimum Gasteiger partial charge on any atom is -0.396 e. The Kier molecular flexibility index (Phi) is 6.22. The molecule has 0 aliphatic rings. The van der Waals surface area contributed by atoms with Gasteiger partial charge < -0.3 is 10.4 Å². The molecular formula is C14H21NO2S. The Labute approximate surface area is 113 Å². The lowest BCUT2D eigenvalue weighted by Gasteiger charge is -2.14. The van der Waals surface area contributed by atoms with Crippen LogP contribution < -0.4 is 5.32 Å². The largest absolute Gasteiger partial charge is 0.396 e. The third-order valence-corrected chi connectivity index (χ3v) is 4.14. The van der Waals surface area contributed by atoms with E-state index in [1.165, 1.54) is 5.56 Å². The van der Waals surface area contributed by atoms with Gasteiger partial charge in [-0.15, -0.1) is 11.8 Å². The van der Waals surface area contributed by atoms with E-state index in [-0.39, 0.29) is 17.8 Å². The fourth-order valence-electron chi connectivity index (χ4n) is 1.52. The molecule has 1 atom stereocenters. The van der Waals surface area contributed by atoms with Gasteiger partial charge in [0, 0.05) is 12.3 Å². The van der Waals surface area contributed by atoms with Crippen molar-refractivity contribution in [2.75, 3.05) is 17.7 Å². The SMILES string of the molecule is Cc1cccc(NC(=O)C(C)SCCCO)c1C. The summed E-state index contributed by atoms with van der Waals surface area (Å²) in [6.45, 7) is 6.11. The number of amides is 1. The van der Waals surface area contributed by atoms with Crippen LogP contribution in [-0.4, -0.2) is 28.6 Å². The molecule has 3 nitrogen and oxygen atoms in total. The molecule has 1 unspecified atom stereocenters. The van der Waals surface area contributed by atoms with Crippen molar-refractivity contribution in [2.24, 2.45) is 0 Å². The summed E-state index contributed by atoms with van der Waals surface area (Å²) in [6, 6.07) is 5.90. The summed E-state index contributed by atoms with van der Waals surface area (Å²) in [5.41, 5.74) is 3.17. The van der Waals surface area contributed by atoms with Crippen LogP contribution in [0.5, 0.6) is 0 Å². The molecule has 1 amide bonds. The quantitative estimate of drug-likeness (QED) is 0.779. The summed E-state index contributed by atoms with van der Waals surface area (Å²) in [4.78, 5) is 12.0. The molecule has 0 saturated heterocycles. The standard InChI is InChI=1S/C14H21NO2S/c1-10-6-4-7-13(11(10)2)15-14(17)12(3)18-9-5-8-16/h4,6-7,12,16H,5,8-9H2,1-3H3,(H,15,17). The average Bonchev–Trinajstić information content (AvgIpc) is 2.35. The number of rotatable bonds is 6. The number of aryl methyl sites for hydroxylation is 1. The maximum Gasteiger partial charge on any atom is 0.237 e. The molecule has 0 heterocycles. The van der Waals surface area contributed by atoms with Crippen LogP contribution in [0.25, 0.3) is 0 Å². The molecule has 1 rings (SSSR count). The highest BCUT2D eigenvalue weighted by Gasteiger charge is 2.14. The molecule has 0 saturated carbocycles. The second-order valence-corrected chi connectivity index (χ2v) is 5.78. The number of carbonyl (C=O) groups excluding carboxylic acids is 1. The molecule has 1 aromatic rings. The van der Waals surface area contributed by atoms with Gasteiger partial charge in [-0.1, -0.05) is 12.1 Å². The van der Waals surface area contributed by atoms with Crippen LogP contribution in [0.3, 0.4) is 0 Å². The highest BCUT2D eigenvalue weighted by atomic mass is 32.2. The van der Waals surface area contributed by atoms with Crippen LogP contribution in [0.1, 0.15) is 24.5 Å². The topological polar surface area (TPSA) is 49.3 Å². The van der Waals surface area contributed by atoms with E-state index in [1.807, 2.05) is 39.0 Å². The Bertz CT molecular complexity index is 407. The monoisotopic (exact) mass is 267 g/mol. The van der Waals surface area contributed by atoms with E-state index in [1.54, 1.807) is 11.8 Å². The van der Waals surface area contributed by atoms with Crippen molar-refractivity contribution in [3.8, 4) is 0 Å². The van der Waals surface area contributed by atoms with Gasteiger partial charge in [0.2, 0.25) is 5.91 Å². The van der Waals surface area contributed by atoms with Crippen LogP contribution in [-0.2, 0) is 4.79 Å². The van der Waals surface area contributed by atoms with Gasteiger partial charge >= 0.3 is 0 Å². The minimum absolute atomic E-state index is 0.0200. The number of carbonyl (C=O) groups is 1. The van der Waals surface area contributed by atoms with Gasteiger partial charge in [0.15, 0.2) is 0 Å². The minimum atomic E-state index is -0.100. The Morgan fingerprint density at radius 1 is 1.44 bits per heavy atom. The Morgan fingerprint density at radius 2 is 2.17 bits per heavy atom.